The van der Waals surface area contributed by atoms with E-state index in [1.165, 1.54) is 0 Å². The Balaban J connectivity index is 1.71. The Labute approximate surface area is 177 Å². The minimum atomic E-state index is -0.217. The lowest BCUT2D eigenvalue weighted by Gasteiger charge is -2.09. The number of hydrogen-bond acceptors (Lipinski definition) is 3. The first-order valence-electron chi connectivity index (χ1n) is 9.01. The van der Waals surface area contributed by atoms with E-state index < -0.39 is 0 Å². The summed E-state index contributed by atoms with van der Waals surface area (Å²) < 4.78 is 7.86. The summed E-state index contributed by atoms with van der Waals surface area (Å²) in [5.41, 5.74) is 3.11. The van der Waals surface area contributed by atoms with E-state index in [1.807, 2.05) is 60.7 Å². The topological polar surface area (TPSA) is 56.1 Å². The van der Waals surface area contributed by atoms with Crippen molar-refractivity contribution in [1.29, 1.82) is 0 Å². The third-order valence-corrected chi connectivity index (χ3v) is 4.92. The Hall–Kier alpha value is -3.38. The van der Waals surface area contributed by atoms with Crippen molar-refractivity contribution in [3.05, 3.63) is 95.0 Å². The number of methoxy groups -OCH3 is 1. The predicted octanol–water partition coefficient (Wildman–Crippen LogP) is 5.56. The molecule has 0 bridgehead atoms. The first-order valence-corrected chi connectivity index (χ1v) is 9.80. The smallest absolute Gasteiger partial charge is 0.256 e. The van der Waals surface area contributed by atoms with Crippen LogP contribution >= 0.6 is 15.9 Å². The summed E-state index contributed by atoms with van der Waals surface area (Å²) in [4.78, 5) is 12.8. The van der Waals surface area contributed by atoms with Crippen molar-refractivity contribution in [2.75, 3.05) is 12.4 Å². The molecular weight excluding hydrogens is 430 g/mol. The number of rotatable bonds is 5. The van der Waals surface area contributed by atoms with Crippen LogP contribution in [0.25, 0.3) is 16.9 Å². The maximum Gasteiger partial charge on any atom is 0.256 e. The Kier molecular flexibility index (Phi) is 5.44. The molecule has 4 aromatic rings. The van der Waals surface area contributed by atoms with Crippen LogP contribution in [0, 0.1) is 0 Å². The lowest BCUT2D eigenvalue weighted by molar-refractivity contribution is 0.102. The van der Waals surface area contributed by atoms with E-state index in [0.717, 1.165) is 21.4 Å². The zero-order valence-electron chi connectivity index (χ0n) is 15.7. The van der Waals surface area contributed by atoms with Crippen LogP contribution in [0.1, 0.15) is 10.4 Å². The molecule has 0 aliphatic rings. The van der Waals surface area contributed by atoms with E-state index in [1.54, 1.807) is 36.1 Å². The van der Waals surface area contributed by atoms with Gasteiger partial charge in [-0.1, -0.05) is 46.3 Å². The highest BCUT2D eigenvalue weighted by Crippen LogP contribution is 2.27. The zero-order valence-corrected chi connectivity index (χ0v) is 17.3. The molecule has 29 heavy (non-hydrogen) atoms. The Morgan fingerprint density at radius 1 is 0.966 bits per heavy atom. The number of carbonyl (C=O) groups is 1. The van der Waals surface area contributed by atoms with Gasteiger partial charge in [-0.15, -0.1) is 0 Å². The molecule has 1 N–H and O–H groups in total. The van der Waals surface area contributed by atoms with Crippen LogP contribution in [0.15, 0.2) is 89.4 Å². The second-order valence-electron chi connectivity index (χ2n) is 6.36. The molecule has 0 unspecified atom stereocenters. The first kappa shape index (κ1) is 19.0. The number of amides is 1. The summed E-state index contributed by atoms with van der Waals surface area (Å²) in [5, 5.41) is 7.70. The molecule has 0 fully saturated rings. The number of anilines is 1. The predicted molar refractivity (Wildman–Crippen MR) is 118 cm³/mol. The molecule has 0 saturated carbocycles. The third-order valence-electron chi connectivity index (χ3n) is 4.42. The number of hydrogen-bond donors (Lipinski definition) is 1. The summed E-state index contributed by atoms with van der Waals surface area (Å²) >= 11 is 3.50. The quantitative estimate of drug-likeness (QED) is 0.435. The monoisotopic (exact) mass is 447 g/mol. The summed E-state index contributed by atoms with van der Waals surface area (Å²) in [6.07, 6.45) is 0. The number of nitrogens with one attached hydrogen (secondary N) is 1. The Morgan fingerprint density at radius 3 is 2.41 bits per heavy atom. The number of nitrogens with zero attached hydrogens (tertiary/aromatic N) is 2. The molecule has 1 heterocycles. The molecule has 0 aliphatic heterocycles. The normalized spacial score (nSPS) is 10.6. The average Bonchev–Trinajstić information content (AvgIpc) is 3.18. The lowest BCUT2D eigenvalue weighted by Crippen LogP contribution is -2.15. The maximum atomic E-state index is 12.8. The van der Waals surface area contributed by atoms with E-state index in [9.17, 15) is 4.79 Å². The summed E-state index contributed by atoms with van der Waals surface area (Å²) in [6, 6.07) is 26.4. The van der Waals surface area contributed by atoms with Gasteiger partial charge in [-0.3, -0.25) is 4.79 Å². The first-order chi connectivity index (χ1) is 14.1. The van der Waals surface area contributed by atoms with Gasteiger partial charge in [0.05, 0.1) is 18.5 Å². The largest absolute Gasteiger partial charge is 0.497 e. The molecule has 1 aromatic heterocycles. The minimum Gasteiger partial charge on any atom is -0.497 e. The SMILES string of the molecule is COc1ccc(C(=O)Nc2cc(-c3cccc(Br)c3)nn2-c2ccccc2)cc1. The molecule has 1 amide bonds. The molecule has 0 atom stereocenters. The van der Waals surface area contributed by atoms with Crippen LogP contribution < -0.4 is 10.1 Å². The van der Waals surface area contributed by atoms with Gasteiger partial charge in [-0.05, 0) is 48.5 Å². The maximum absolute atomic E-state index is 12.8. The van der Waals surface area contributed by atoms with Gasteiger partial charge in [0, 0.05) is 21.7 Å². The number of halogens is 1. The summed E-state index contributed by atoms with van der Waals surface area (Å²) in [5.74, 6) is 1.07. The second-order valence-corrected chi connectivity index (χ2v) is 7.27. The summed E-state index contributed by atoms with van der Waals surface area (Å²) in [6.45, 7) is 0. The van der Waals surface area contributed by atoms with Crippen LogP contribution in [-0.2, 0) is 0 Å². The summed E-state index contributed by atoms with van der Waals surface area (Å²) in [7, 11) is 1.59. The van der Waals surface area contributed by atoms with Crippen LogP contribution in [0.5, 0.6) is 5.75 Å². The van der Waals surface area contributed by atoms with E-state index in [2.05, 4.69) is 21.2 Å². The number of para-hydroxylation sites is 1. The fourth-order valence-corrected chi connectivity index (χ4v) is 3.36. The second kappa shape index (κ2) is 8.32. The van der Waals surface area contributed by atoms with Gasteiger partial charge >= 0.3 is 0 Å². The molecule has 0 aliphatic carbocycles. The number of benzene rings is 3. The van der Waals surface area contributed by atoms with Crippen LogP contribution in [0.2, 0.25) is 0 Å². The third kappa shape index (κ3) is 4.22. The van der Waals surface area contributed by atoms with Crippen molar-refractivity contribution in [3.63, 3.8) is 0 Å². The Morgan fingerprint density at radius 2 is 1.72 bits per heavy atom. The minimum absolute atomic E-state index is 0.217. The molecular formula is C23H18BrN3O2. The van der Waals surface area contributed by atoms with E-state index >= 15 is 0 Å². The molecule has 5 nitrogen and oxygen atoms in total. The van der Waals surface area contributed by atoms with E-state index in [0.29, 0.717) is 17.1 Å². The van der Waals surface area contributed by atoms with Gasteiger partial charge in [-0.2, -0.15) is 5.10 Å². The number of carbonyl (C=O) groups excluding carboxylic acids is 1. The molecule has 0 radical (unpaired) electrons. The van der Waals surface area contributed by atoms with Crippen molar-refractivity contribution in [2.45, 2.75) is 0 Å². The highest BCUT2D eigenvalue weighted by atomic mass is 79.9. The highest BCUT2D eigenvalue weighted by Gasteiger charge is 2.15. The van der Waals surface area contributed by atoms with Crippen LogP contribution in [0.4, 0.5) is 5.82 Å². The molecule has 4 rings (SSSR count). The number of aromatic nitrogens is 2. The fraction of sp³-hybridized carbons (Fsp3) is 0.0435. The number of ether oxygens (including phenoxy) is 1. The van der Waals surface area contributed by atoms with E-state index in [4.69, 9.17) is 9.84 Å². The van der Waals surface area contributed by atoms with Gasteiger partial charge in [0.25, 0.3) is 5.91 Å². The van der Waals surface area contributed by atoms with Gasteiger partial charge in [0.1, 0.15) is 11.6 Å². The van der Waals surface area contributed by atoms with Crippen LogP contribution in [-0.4, -0.2) is 22.8 Å². The van der Waals surface area contributed by atoms with Crippen molar-refractivity contribution in [1.82, 2.24) is 9.78 Å². The molecule has 0 spiro atoms. The highest BCUT2D eigenvalue weighted by molar-refractivity contribution is 9.10. The van der Waals surface area contributed by atoms with Gasteiger partial charge in [-0.25, -0.2) is 4.68 Å². The average molecular weight is 448 g/mol. The molecule has 0 saturated heterocycles. The molecule has 6 heteroatoms. The zero-order chi connectivity index (χ0) is 20.2. The van der Waals surface area contributed by atoms with E-state index in [-0.39, 0.29) is 5.91 Å². The standard InChI is InChI=1S/C23H18BrN3O2/c1-29-20-12-10-16(11-13-20)23(28)25-22-15-21(17-6-5-7-18(24)14-17)26-27(22)19-8-3-2-4-9-19/h2-15H,1H3,(H,25,28). The molecule has 144 valence electrons. The van der Waals surface area contributed by atoms with Gasteiger partial charge in [0.2, 0.25) is 0 Å². The van der Waals surface area contributed by atoms with Crippen LogP contribution in [0.3, 0.4) is 0 Å². The Bertz CT molecular complexity index is 1140. The van der Waals surface area contributed by atoms with Crippen molar-refractivity contribution in [2.24, 2.45) is 0 Å². The van der Waals surface area contributed by atoms with Gasteiger partial charge in [0.15, 0.2) is 0 Å². The van der Waals surface area contributed by atoms with Crippen molar-refractivity contribution < 1.29 is 9.53 Å². The van der Waals surface area contributed by atoms with Crippen molar-refractivity contribution >= 4 is 27.7 Å². The van der Waals surface area contributed by atoms with Crippen molar-refractivity contribution in [3.8, 4) is 22.7 Å². The lowest BCUT2D eigenvalue weighted by atomic mass is 10.1. The molecule has 3 aromatic carbocycles. The fourth-order valence-electron chi connectivity index (χ4n) is 2.96. The van der Waals surface area contributed by atoms with Gasteiger partial charge < -0.3 is 10.1 Å².